The molecule has 6 aromatic carbocycles. The van der Waals surface area contributed by atoms with E-state index in [9.17, 15) is 0 Å². The van der Waals surface area contributed by atoms with Gasteiger partial charge >= 0.3 is 0 Å². The van der Waals surface area contributed by atoms with Gasteiger partial charge in [-0.05, 0) is 59.3 Å². The lowest BCUT2D eigenvalue weighted by molar-refractivity contribution is 1.18. The summed E-state index contributed by atoms with van der Waals surface area (Å²) in [5.74, 6) is 0. The number of para-hydroxylation sites is 3. The molecule has 0 atom stereocenters. The van der Waals surface area contributed by atoms with Crippen molar-refractivity contribution in [1.82, 2.24) is 14.5 Å². The van der Waals surface area contributed by atoms with Gasteiger partial charge in [-0.15, -0.1) is 0 Å². The Bertz CT molecular complexity index is 2500. The van der Waals surface area contributed by atoms with Gasteiger partial charge < -0.3 is 4.57 Å². The summed E-state index contributed by atoms with van der Waals surface area (Å²) in [5, 5.41) is 8.28. The molecule has 0 aliphatic heterocycles. The fourth-order valence-corrected chi connectivity index (χ4v) is 6.65. The first kappa shape index (κ1) is 23.9. The van der Waals surface area contributed by atoms with Gasteiger partial charge in [0.05, 0.1) is 27.9 Å². The molecule has 0 aliphatic carbocycles. The van der Waals surface area contributed by atoms with Crippen molar-refractivity contribution in [2.75, 3.05) is 0 Å². The van der Waals surface area contributed by atoms with Crippen LogP contribution in [0.2, 0.25) is 0 Å². The maximum atomic E-state index is 5.30. The number of hydrogen-bond donors (Lipinski definition) is 0. The molecule has 43 heavy (non-hydrogen) atoms. The number of aromatic nitrogens is 3. The molecule has 0 aliphatic rings. The van der Waals surface area contributed by atoms with Gasteiger partial charge in [0.25, 0.3) is 0 Å². The Balaban J connectivity index is 1.37. The first-order chi connectivity index (χ1) is 21.3. The molecule has 0 N–H and O–H groups in total. The standard InChI is InChI=1S/C40H25N3/c1-2-14-29(15-3-1)43-37-20-9-7-18-32(37)34-24-35-33(25-38(34)43)31-17-6-8-19-36(31)42-40(35)28-13-10-12-27(23-28)39-30-16-5-4-11-26(30)21-22-41-39/h1-25H. The Hall–Kier alpha value is -5.80. The SMILES string of the molecule is c1ccc(-n2c3ccccc3c3cc4c(-c5cccc(-c6nccc7ccccc67)c5)nc5ccccc5c4cc32)cc1. The molecule has 0 saturated heterocycles. The van der Waals surface area contributed by atoms with Crippen LogP contribution in [0.25, 0.3) is 82.5 Å². The minimum Gasteiger partial charge on any atom is -0.309 e. The number of rotatable bonds is 3. The van der Waals surface area contributed by atoms with Crippen LogP contribution in [0.15, 0.2) is 152 Å². The number of pyridine rings is 2. The van der Waals surface area contributed by atoms with E-state index in [-0.39, 0.29) is 0 Å². The van der Waals surface area contributed by atoms with E-state index in [1.165, 1.54) is 32.6 Å². The molecule has 3 aromatic heterocycles. The summed E-state index contributed by atoms with van der Waals surface area (Å²) in [6, 6.07) is 51.7. The normalized spacial score (nSPS) is 11.7. The minimum atomic E-state index is 0.981. The highest BCUT2D eigenvalue weighted by Crippen LogP contribution is 2.40. The van der Waals surface area contributed by atoms with Crippen LogP contribution in [0.1, 0.15) is 0 Å². The van der Waals surface area contributed by atoms with E-state index >= 15 is 0 Å². The fraction of sp³-hybridized carbons (Fsp3) is 0. The van der Waals surface area contributed by atoms with Crippen LogP contribution in [0.5, 0.6) is 0 Å². The zero-order chi connectivity index (χ0) is 28.3. The quantitative estimate of drug-likeness (QED) is 0.206. The van der Waals surface area contributed by atoms with E-state index in [2.05, 4.69) is 150 Å². The van der Waals surface area contributed by atoms with E-state index in [0.717, 1.165) is 49.9 Å². The fourth-order valence-electron chi connectivity index (χ4n) is 6.65. The summed E-state index contributed by atoms with van der Waals surface area (Å²) in [4.78, 5) is 10.1. The van der Waals surface area contributed by atoms with Crippen LogP contribution < -0.4 is 0 Å². The monoisotopic (exact) mass is 547 g/mol. The van der Waals surface area contributed by atoms with Gasteiger partial charge in [-0.1, -0.05) is 97.1 Å². The van der Waals surface area contributed by atoms with Gasteiger partial charge in [-0.2, -0.15) is 0 Å². The van der Waals surface area contributed by atoms with Crippen molar-refractivity contribution in [3.8, 4) is 28.2 Å². The molecule has 3 heterocycles. The van der Waals surface area contributed by atoms with Gasteiger partial charge in [-0.3, -0.25) is 4.98 Å². The van der Waals surface area contributed by atoms with Gasteiger partial charge in [0.1, 0.15) is 0 Å². The van der Waals surface area contributed by atoms with Crippen molar-refractivity contribution in [2.24, 2.45) is 0 Å². The highest BCUT2D eigenvalue weighted by atomic mass is 15.0. The van der Waals surface area contributed by atoms with Crippen LogP contribution in [0.3, 0.4) is 0 Å². The Labute approximate surface area is 248 Å². The summed E-state index contributed by atoms with van der Waals surface area (Å²) in [6.07, 6.45) is 1.90. The minimum absolute atomic E-state index is 0.981. The maximum Gasteiger partial charge on any atom is 0.0788 e. The topological polar surface area (TPSA) is 30.7 Å². The second-order valence-corrected chi connectivity index (χ2v) is 11.0. The summed E-state index contributed by atoms with van der Waals surface area (Å²) in [7, 11) is 0. The molecule has 200 valence electrons. The van der Waals surface area contributed by atoms with Crippen LogP contribution in [-0.4, -0.2) is 14.5 Å². The number of nitrogens with zero attached hydrogens (tertiary/aromatic N) is 3. The average molecular weight is 548 g/mol. The van der Waals surface area contributed by atoms with Crippen LogP contribution in [0.4, 0.5) is 0 Å². The molecular formula is C40H25N3. The largest absolute Gasteiger partial charge is 0.309 e. The summed E-state index contributed by atoms with van der Waals surface area (Å²) >= 11 is 0. The number of benzene rings is 6. The molecule has 3 heteroatoms. The van der Waals surface area contributed by atoms with Crippen molar-refractivity contribution in [2.45, 2.75) is 0 Å². The molecule has 9 rings (SSSR count). The van der Waals surface area contributed by atoms with Crippen LogP contribution in [-0.2, 0) is 0 Å². The van der Waals surface area contributed by atoms with Crippen molar-refractivity contribution in [1.29, 1.82) is 0 Å². The lowest BCUT2D eigenvalue weighted by atomic mass is 9.96. The lowest BCUT2D eigenvalue weighted by Crippen LogP contribution is -1.94. The third-order valence-electron chi connectivity index (χ3n) is 8.59. The predicted molar refractivity (Wildman–Crippen MR) is 180 cm³/mol. The molecule has 0 radical (unpaired) electrons. The molecule has 0 saturated carbocycles. The molecule has 0 spiro atoms. The highest BCUT2D eigenvalue weighted by Gasteiger charge is 2.18. The summed E-state index contributed by atoms with van der Waals surface area (Å²) in [6.45, 7) is 0. The smallest absolute Gasteiger partial charge is 0.0788 e. The second kappa shape index (κ2) is 9.37. The Morgan fingerprint density at radius 2 is 1.14 bits per heavy atom. The van der Waals surface area contributed by atoms with Crippen molar-refractivity contribution < 1.29 is 0 Å². The lowest BCUT2D eigenvalue weighted by Gasteiger charge is -2.13. The van der Waals surface area contributed by atoms with Gasteiger partial charge in [-0.25, -0.2) is 4.98 Å². The zero-order valence-corrected chi connectivity index (χ0v) is 23.3. The van der Waals surface area contributed by atoms with Gasteiger partial charge in [0, 0.05) is 49.9 Å². The van der Waals surface area contributed by atoms with Crippen LogP contribution in [0, 0.1) is 0 Å². The van der Waals surface area contributed by atoms with Gasteiger partial charge in [0.15, 0.2) is 0 Å². The third-order valence-corrected chi connectivity index (χ3v) is 8.59. The maximum absolute atomic E-state index is 5.30. The first-order valence-corrected chi connectivity index (χ1v) is 14.6. The Morgan fingerprint density at radius 1 is 0.419 bits per heavy atom. The van der Waals surface area contributed by atoms with E-state index < -0.39 is 0 Å². The molecule has 0 unspecified atom stereocenters. The van der Waals surface area contributed by atoms with E-state index in [1.54, 1.807) is 0 Å². The van der Waals surface area contributed by atoms with E-state index in [4.69, 9.17) is 9.97 Å². The molecule has 9 aromatic rings. The first-order valence-electron chi connectivity index (χ1n) is 14.6. The molecule has 3 nitrogen and oxygen atoms in total. The Morgan fingerprint density at radius 3 is 2.02 bits per heavy atom. The summed E-state index contributed by atoms with van der Waals surface area (Å²) < 4.78 is 2.38. The van der Waals surface area contributed by atoms with E-state index in [0.29, 0.717) is 0 Å². The summed E-state index contributed by atoms with van der Waals surface area (Å²) in [5.41, 5.74) is 8.65. The van der Waals surface area contributed by atoms with Crippen molar-refractivity contribution in [3.63, 3.8) is 0 Å². The molecule has 0 bridgehead atoms. The van der Waals surface area contributed by atoms with Gasteiger partial charge in [0.2, 0.25) is 0 Å². The molecule has 0 fully saturated rings. The highest BCUT2D eigenvalue weighted by molar-refractivity contribution is 6.20. The average Bonchev–Trinajstić information content (AvgIpc) is 3.40. The number of hydrogen-bond acceptors (Lipinski definition) is 2. The molecular weight excluding hydrogens is 522 g/mol. The number of fused-ring (bicyclic) bond motifs is 7. The second-order valence-electron chi connectivity index (χ2n) is 11.0. The third kappa shape index (κ3) is 3.68. The zero-order valence-electron chi connectivity index (χ0n) is 23.3. The van der Waals surface area contributed by atoms with E-state index in [1.807, 2.05) is 6.20 Å². The predicted octanol–water partition coefficient (Wildman–Crippen LogP) is 10.4. The van der Waals surface area contributed by atoms with Crippen molar-refractivity contribution >= 4 is 54.3 Å². The Kier molecular flexibility index (Phi) is 5.20. The molecule has 0 amide bonds. The van der Waals surface area contributed by atoms with Crippen LogP contribution >= 0.6 is 0 Å². The van der Waals surface area contributed by atoms with Crippen molar-refractivity contribution in [3.05, 3.63) is 152 Å².